The zero-order valence-corrected chi connectivity index (χ0v) is 15.2. The van der Waals surface area contributed by atoms with Crippen molar-refractivity contribution >= 4 is 15.9 Å². The van der Waals surface area contributed by atoms with Gasteiger partial charge in [0.1, 0.15) is 11.8 Å². The Balaban J connectivity index is 2.17. The lowest BCUT2D eigenvalue weighted by atomic mass is 10.1. The van der Waals surface area contributed by atoms with Gasteiger partial charge in [0, 0.05) is 12.8 Å². The molecule has 134 valence electrons. The van der Waals surface area contributed by atoms with E-state index in [0.29, 0.717) is 18.3 Å². The van der Waals surface area contributed by atoms with E-state index in [1.165, 1.54) is 25.3 Å². The highest BCUT2D eigenvalue weighted by molar-refractivity contribution is 7.89. The normalized spacial score (nSPS) is 23.9. The van der Waals surface area contributed by atoms with Crippen molar-refractivity contribution in [3.8, 4) is 5.75 Å². The summed E-state index contributed by atoms with van der Waals surface area (Å²) in [6, 6.07) is 4.39. The Hall–Kier alpha value is -1.64. The van der Waals surface area contributed by atoms with Crippen molar-refractivity contribution in [2.75, 3.05) is 33.8 Å². The number of amides is 1. The van der Waals surface area contributed by atoms with Gasteiger partial charge < -0.3 is 14.5 Å². The highest BCUT2D eigenvalue weighted by Crippen LogP contribution is 2.25. The molecular formula is C16H26N3O4S+. The highest BCUT2D eigenvalue weighted by atomic mass is 32.2. The fourth-order valence-electron chi connectivity index (χ4n) is 3.27. The Morgan fingerprint density at radius 3 is 2.75 bits per heavy atom. The van der Waals surface area contributed by atoms with Crippen molar-refractivity contribution in [2.24, 2.45) is 5.14 Å². The lowest BCUT2D eigenvalue weighted by molar-refractivity contribution is -0.918. The number of ether oxygens (including phenoxy) is 1. The molecule has 1 amide bonds. The van der Waals surface area contributed by atoms with Crippen LogP contribution in [0.2, 0.25) is 0 Å². The minimum Gasteiger partial charge on any atom is -0.496 e. The molecule has 2 rings (SSSR count). The van der Waals surface area contributed by atoms with Crippen molar-refractivity contribution in [1.29, 1.82) is 0 Å². The van der Waals surface area contributed by atoms with Crippen LogP contribution in [-0.4, -0.2) is 58.6 Å². The molecule has 0 aromatic heterocycles. The number of methoxy groups -OCH3 is 1. The molecule has 2 atom stereocenters. The Morgan fingerprint density at radius 1 is 1.46 bits per heavy atom. The number of nitrogens with two attached hydrogens (primary N) is 1. The molecule has 2 unspecified atom stereocenters. The van der Waals surface area contributed by atoms with Crippen molar-refractivity contribution in [1.82, 2.24) is 5.32 Å². The van der Waals surface area contributed by atoms with Gasteiger partial charge in [-0.1, -0.05) is 0 Å². The monoisotopic (exact) mass is 356 g/mol. The molecule has 1 aromatic rings. The molecule has 1 aliphatic rings. The van der Waals surface area contributed by atoms with Crippen LogP contribution in [0.1, 0.15) is 30.1 Å². The zero-order chi connectivity index (χ0) is 18.0. The van der Waals surface area contributed by atoms with Crippen LogP contribution in [-0.2, 0) is 10.0 Å². The molecule has 1 saturated heterocycles. The van der Waals surface area contributed by atoms with Gasteiger partial charge in [-0.25, -0.2) is 13.6 Å². The van der Waals surface area contributed by atoms with Crippen LogP contribution in [0.3, 0.4) is 0 Å². The number of carbonyl (C=O) groups excluding carboxylic acids is 1. The first-order chi connectivity index (χ1) is 11.2. The third kappa shape index (κ3) is 3.88. The summed E-state index contributed by atoms with van der Waals surface area (Å²) in [7, 11) is -0.240. The fourth-order valence-corrected chi connectivity index (χ4v) is 3.81. The van der Waals surface area contributed by atoms with E-state index in [4.69, 9.17) is 9.88 Å². The minimum atomic E-state index is -3.88. The van der Waals surface area contributed by atoms with E-state index >= 15 is 0 Å². The molecule has 0 radical (unpaired) electrons. The second-order valence-corrected chi connectivity index (χ2v) is 7.99. The molecule has 0 bridgehead atoms. The molecule has 1 fully saturated rings. The summed E-state index contributed by atoms with van der Waals surface area (Å²) in [5.41, 5.74) is 0.174. The molecule has 1 aliphatic heterocycles. The van der Waals surface area contributed by atoms with Crippen molar-refractivity contribution in [3.05, 3.63) is 23.8 Å². The van der Waals surface area contributed by atoms with Gasteiger partial charge >= 0.3 is 0 Å². The Kier molecular flexibility index (Phi) is 5.52. The topological polar surface area (TPSA) is 98.5 Å². The number of hydrogen-bond acceptors (Lipinski definition) is 4. The number of quaternary nitrogens is 1. The molecule has 24 heavy (non-hydrogen) atoms. The van der Waals surface area contributed by atoms with Gasteiger partial charge in [-0.2, -0.15) is 0 Å². The fraction of sp³-hybridized carbons (Fsp3) is 0.562. The van der Waals surface area contributed by atoms with Gasteiger partial charge in [-0.15, -0.1) is 0 Å². The van der Waals surface area contributed by atoms with Gasteiger partial charge in [0.25, 0.3) is 5.91 Å². The lowest BCUT2D eigenvalue weighted by Gasteiger charge is -2.35. The molecule has 0 spiro atoms. The molecule has 0 aliphatic carbocycles. The molecule has 1 heterocycles. The first-order valence-corrected chi connectivity index (χ1v) is 9.59. The quantitative estimate of drug-likeness (QED) is 0.733. The van der Waals surface area contributed by atoms with Gasteiger partial charge in [-0.3, -0.25) is 4.79 Å². The summed E-state index contributed by atoms with van der Waals surface area (Å²) in [4.78, 5) is 12.4. The summed E-state index contributed by atoms with van der Waals surface area (Å²) in [6.07, 6.45) is 2.22. The number of likely N-dealkylation sites (N-methyl/N-ethyl adjacent to an activating group) is 1. The number of benzene rings is 1. The third-order valence-electron chi connectivity index (χ3n) is 5.05. The predicted molar refractivity (Wildman–Crippen MR) is 91.3 cm³/mol. The van der Waals surface area contributed by atoms with Crippen molar-refractivity contribution in [3.63, 3.8) is 0 Å². The summed E-state index contributed by atoms with van der Waals surface area (Å²) in [5, 5.41) is 8.06. The first kappa shape index (κ1) is 18.7. The van der Waals surface area contributed by atoms with Crippen LogP contribution in [0.25, 0.3) is 0 Å². The Labute approximate surface area is 143 Å². The van der Waals surface area contributed by atoms with E-state index in [0.717, 1.165) is 30.4 Å². The van der Waals surface area contributed by atoms with Crippen molar-refractivity contribution in [2.45, 2.75) is 30.7 Å². The third-order valence-corrected chi connectivity index (χ3v) is 5.96. The van der Waals surface area contributed by atoms with Crippen LogP contribution in [0.5, 0.6) is 5.75 Å². The van der Waals surface area contributed by atoms with E-state index in [2.05, 4.69) is 19.3 Å². The number of nitrogens with zero attached hydrogens (tertiary/aromatic N) is 1. The molecule has 8 heteroatoms. The van der Waals surface area contributed by atoms with Gasteiger partial charge in [0.05, 0.1) is 44.3 Å². The number of nitrogens with one attached hydrogen (secondary N) is 1. The second-order valence-electron chi connectivity index (χ2n) is 6.43. The number of likely N-dealkylation sites (tertiary alicyclic amines) is 1. The highest BCUT2D eigenvalue weighted by Gasteiger charge is 2.36. The average molecular weight is 356 g/mol. The lowest BCUT2D eigenvalue weighted by Crippen LogP contribution is -2.52. The molecule has 7 nitrogen and oxygen atoms in total. The SMILES string of the molecule is CC[N+]1(C)CCCC1CNC(=O)c1cc(S(N)(=O)=O)ccc1OC. The first-order valence-electron chi connectivity index (χ1n) is 8.04. The predicted octanol–water partition coefficient (Wildman–Crippen LogP) is 0.701. The maximum atomic E-state index is 12.5. The minimum absolute atomic E-state index is 0.108. The van der Waals surface area contributed by atoms with E-state index in [1.54, 1.807) is 0 Å². The van der Waals surface area contributed by atoms with E-state index in [1.807, 2.05) is 0 Å². The summed E-state index contributed by atoms with van der Waals surface area (Å²) in [6.45, 7) is 4.83. The summed E-state index contributed by atoms with van der Waals surface area (Å²) in [5.74, 6) is -0.0361. The Bertz CT molecular complexity index is 720. The smallest absolute Gasteiger partial charge is 0.255 e. The summed E-state index contributed by atoms with van der Waals surface area (Å²) >= 11 is 0. The molecule has 1 aromatic carbocycles. The maximum absolute atomic E-state index is 12.5. The number of carbonyl (C=O) groups is 1. The van der Waals surface area contributed by atoms with Gasteiger partial charge in [-0.05, 0) is 25.1 Å². The standard InChI is InChI=1S/C16H25N3O4S/c1-4-19(2)9-5-6-12(19)11-18-16(20)14-10-13(24(17,21)22)7-8-15(14)23-3/h7-8,10,12H,4-6,9,11H2,1-3H3,(H2-,17,18,20,21,22)/p+1. The van der Waals surface area contributed by atoms with Crippen LogP contribution < -0.4 is 15.2 Å². The molecular weight excluding hydrogens is 330 g/mol. The summed E-state index contributed by atoms with van der Waals surface area (Å²) < 4.78 is 29.1. The second kappa shape index (κ2) is 7.08. The molecule has 3 N–H and O–H groups in total. The maximum Gasteiger partial charge on any atom is 0.255 e. The van der Waals surface area contributed by atoms with Gasteiger partial charge in [0.15, 0.2) is 0 Å². The number of rotatable bonds is 6. The average Bonchev–Trinajstić information content (AvgIpc) is 2.92. The Morgan fingerprint density at radius 2 is 2.17 bits per heavy atom. The largest absolute Gasteiger partial charge is 0.496 e. The van der Waals surface area contributed by atoms with E-state index in [9.17, 15) is 13.2 Å². The van der Waals surface area contributed by atoms with Crippen LogP contribution >= 0.6 is 0 Å². The van der Waals surface area contributed by atoms with Crippen molar-refractivity contribution < 1.29 is 22.4 Å². The van der Waals surface area contributed by atoms with Gasteiger partial charge in [0.2, 0.25) is 10.0 Å². The number of sulfonamides is 1. The number of primary sulfonamides is 1. The van der Waals surface area contributed by atoms with Crippen LogP contribution in [0, 0.1) is 0 Å². The molecule has 0 saturated carbocycles. The van der Waals surface area contributed by atoms with E-state index < -0.39 is 10.0 Å². The number of hydrogen-bond donors (Lipinski definition) is 2. The zero-order valence-electron chi connectivity index (χ0n) is 14.4. The van der Waals surface area contributed by atoms with E-state index in [-0.39, 0.29) is 16.4 Å². The van der Waals surface area contributed by atoms with Crippen LogP contribution in [0.15, 0.2) is 23.1 Å². The van der Waals surface area contributed by atoms with Crippen LogP contribution in [0.4, 0.5) is 0 Å².